The van der Waals surface area contributed by atoms with Crippen LogP contribution in [0.5, 0.6) is 0 Å². The number of nitrogens with one attached hydrogen (secondary N) is 1. The summed E-state index contributed by atoms with van der Waals surface area (Å²) in [5, 5.41) is 3.68. The molecule has 1 N–H and O–H groups in total. The molecule has 0 spiro atoms. The maximum Gasteiger partial charge on any atom is 0.322 e. The topological polar surface area (TPSA) is 58.1 Å². The van der Waals surface area contributed by atoms with Gasteiger partial charge in [0, 0.05) is 24.3 Å². The molecular formula is C19H18N4OS. The first-order chi connectivity index (χ1) is 12.2. The first-order valence-corrected chi connectivity index (χ1v) is 8.64. The fourth-order valence-electron chi connectivity index (χ4n) is 2.18. The minimum atomic E-state index is -0.200. The minimum absolute atomic E-state index is 0.200. The van der Waals surface area contributed by atoms with Gasteiger partial charge in [-0.2, -0.15) is 0 Å². The number of rotatable bonds is 5. The standard InChI is InChI=1S/C19H18N4OS/c1-23(14-15-8-5-6-12-20-15)19(24)22-17-11-7-13-21-18(17)25-16-9-3-2-4-10-16/h2-13H,14H2,1H3,(H,22,24). The Kier molecular flexibility index (Phi) is 5.64. The van der Waals surface area contributed by atoms with E-state index in [4.69, 9.17) is 0 Å². The van der Waals surface area contributed by atoms with Gasteiger partial charge in [0.15, 0.2) is 0 Å². The van der Waals surface area contributed by atoms with Crippen LogP contribution in [0.1, 0.15) is 5.69 Å². The number of hydrogen-bond acceptors (Lipinski definition) is 4. The second-order valence-electron chi connectivity index (χ2n) is 5.38. The summed E-state index contributed by atoms with van der Waals surface area (Å²) in [7, 11) is 1.74. The van der Waals surface area contributed by atoms with E-state index in [2.05, 4.69) is 15.3 Å². The molecule has 0 radical (unpaired) electrons. The minimum Gasteiger partial charge on any atom is -0.322 e. The maximum absolute atomic E-state index is 12.5. The van der Waals surface area contributed by atoms with Gasteiger partial charge in [-0.3, -0.25) is 4.98 Å². The number of amides is 2. The zero-order chi connectivity index (χ0) is 17.5. The number of aromatic nitrogens is 2. The van der Waals surface area contributed by atoms with Crippen LogP contribution in [-0.2, 0) is 6.54 Å². The summed E-state index contributed by atoms with van der Waals surface area (Å²) in [4.78, 5) is 23.8. The van der Waals surface area contributed by atoms with Gasteiger partial charge in [-0.05, 0) is 36.4 Å². The van der Waals surface area contributed by atoms with Crippen LogP contribution in [-0.4, -0.2) is 27.9 Å². The van der Waals surface area contributed by atoms with Gasteiger partial charge in [0.25, 0.3) is 0 Å². The lowest BCUT2D eigenvalue weighted by Crippen LogP contribution is -2.31. The monoisotopic (exact) mass is 350 g/mol. The number of hydrogen-bond donors (Lipinski definition) is 1. The van der Waals surface area contributed by atoms with E-state index in [1.54, 1.807) is 24.3 Å². The summed E-state index contributed by atoms with van der Waals surface area (Å²) >= 11 is 1.52. The Morgan fingerprint density at radius 2 is 1.76 bits per heavy atom. The molecule has 3 rings (SSSR count). The molecule has 0 saturated carbocycles. The van der Waals surface area contributed by atoms with Crippen molar-refractivity contribution in [3.63, 3.8) is 0 Å². The average molecular weight is 350 g/mol. The number of carbonyl (C=O) groups is 1. The van der Waals surface area contributed by atoms with E-state index in [1.807, 2.05) is 60.7 Å². The van der Waals surface area contributed by atoms with Crippen molar-refractivity contribution >= 4 is 23.5 Å². The molecule has 0 aliphatic rings. The van der Waals surface area contributed by atoms with Crippen LogP contribution < -0.4 is 5.32 Å². The number of pyridine rings is 2. The highest BCUT2D eigenvalue weighted by Gasteiger charge is 2.13. The van der Waals surface area contributed by atoms with Crippen molar-refractivity contribution in [2.45, 2.75) is 16.5 Å². The third-order valence-electron chi connectivity index (χ3n) is 3.44. The molecule has 2 heterocycles. The van der Waals surface area contributed by atoms with Crippen molar-refractivity contribution in [3.05, 3.63) is 78.8 Å². The predicted molar refractivity (Wildman–Crippen MR) is 99.5 cm³/mol. The summed E-state index contributed by atoms with van der Waals surface area (Å²) in [5.41, 5.74) is 1.53. The first kappa shape index (κ1) is 17.0. The van der Waals surface area contributed by atoms with Crippen LogP contribution in [0.15, 0.2) is 83.0 Å². The van der Waals surface area contributed by atoms with Crippen molar-refractivity contribution in [2.24, 2.45) is 0 Å². The Hall–Kier alpha value is -2.86. The highest BCUT2D eigenvalue weighted by molar-refractivity contribution is 7.99. The highest BCUT2D eigenvalue weighted by Crippen LogP contribution is 2.31. The van der Waals surface area contributed by atoms with Crippen molar-refractivity contribution in [2.75, 3.05) is 12.4 Å². The Morgan fingerprint density at radius 1 is 1.00 bits per heavy atom. The molecule has 6 heteroatoms. The SMILES string of the molecule is CN(Cc1ccccn1)C(=O)Nc1cccnc1Sc1ccccc1. The molecular weight excluding hydrogens is 332 g/mol. The summed E-state index contributed by atoms with van der Waals surface area (Å²) in [6.45, 7) is 0.439. The van der Waals surface area contributed by atoms with Gasteiger partial charge in [0.05, 0.1) is 17.9 Å². The molecule has 0 atom stereocenters. The van der Waals surface area contributed by atoms with Crippen LogP contribution in [0.2, 0.25) is 0 Å². The molecule has 126 valence electrons. The van der Waals surface area contributed by atoms with Gasteiger partial charge in [-0.15, -0.1) is 0 Å². The lowest BCUT2D eigenvalue weighted by atomic mass is 10.3. The molecule has 0 fully saturated rings. The lowest BCUT2D eigenvalue weighted by Gasteiger charge is -2.18. The Labute approximate surface area is 151 Å². The van der Waals surface area contributed by atoms with E-state index in [0.717, 1.165) is 15.6 Å². The number of benzene rings is 1. The van der Waals surface area contributed by atoms with Crippen LogP contribution in [0.4, 0.5) is 10.5 Å². The van der Waals surface area contributed by atoms with Crippen LogP contribution >= 0.6 is 11.8 Å². The molecule has 0 aliphatic heterocycles. The van der Waals surface area contributed by atoms with Gasteiger partial charge in [-0.1, -0.05) is 36.0 Å². The smallest absolute Gasteiger partial charge is 0.322 e. The average Bonchev–Trinajstić information content (AvgIpc) is 2.65. The molecule has 0 unspecified atom stereocenters. The van der Waals surface area contributed by atoms with E-state index < -0.39 is 0 Å². The molecule has 5 nitrogen and oxygen atoms in total. The van der Waals surface area contributed by atoms with Crippen LogP contribution in [0, 0.1) is 0 Å². The fraction of sp³-hybridized carbons (Fsp3) is 0.105. The normalized spacial score (nSPS) is 10.3. The van der Waals surface area contributed by atoms with E-state index in [0.29, 0.717) is 12.2 Å². The number of anilines is 1. The third-order valence-corrected chi connectivity index (χ3v) is 4.47. The van der Waals surface area contributed by atoms with Crippen LogP contribution in [0.25, 0.3) is 0 Å². The molecule has 2 aromatic heterocycles. The number of nitrogens with zero attached hydrogens (tertiary/aromatic N) is 3. The molecule has 25 heavy (non-hydrogen) atoms. The number of urea groups is 1. The van der Waals surface area contributed by atoms with Gasteiger partial charge in [0.2, 0.25) is 0 Å². The largest absolute Gasteiger partial charge is 0.322 e. The predicted octanol–water partition coefficient (Wildman–Crippen LogP) is 4.29. The second kappa shape index (κ2) is 8.30. The molecule has 1 aromatic carbocycles. The summed E-state index contributed by atoms with van der Waals surface area (Å²) < 4.78 is 0. The Morgan fingerprint density at radius 3 is 2.52 bits per heavy atom. The van der Waals surface area contributed by atoms with E-state index in [1.165, 1.54) is 11.8 Å². The van der Waals surface area contributed by atoms with E-state index >= 15 is 0 Å². The zero-order valence-corrected chi connectivity index (χ0v) is 14.6. The maximum atomic E-state index is 12.5. The van der Waals surface area contributed by atoms with Gasteiger partial charge in [0.1, 0.15) is 5.03 Å². The molecule has 3 aromatic rings. The van der Waals surface area contributed by atoms with Crippen LogP contribution in [0.3, 0.4) is 0 Å². The van der Waals surface area contributed by atoms with Gasteiger partial charge < -0.3 is 10.2 Å². The lowest BCUT2D eigenvalue weighted by molar-refractivity contribution is 0.220. The van der Waals surface area contributed by atoms with E-state index in [-0.39, 0.29) is 6.03 Å². The molecule has 0 aliphatic carbocycles. The summed E-state index contributed by atoms with van der Waals surface area (Å²) in [6, 6.07) is 19.1. The third kappa shape index (κ3) is 4.81. The van der Waals surface area contributed by atoms with Gasteiger partial charge in [-0.25, -0.2) is 9.78 Å². The van der Waals surface area contributed by atoms with Crippen molar-refractivity contribution in [3.8, 4) is 0 Å². The van der Waals surface area contributed by atoms with E-state index in [9.17, 15) is 4.79 Å². The first-order valence-electron chi connectivity index (χ1n) is 7.82. The Bertz CT molecular complexity index is 827. The molecule has 0 bridgehead atoms. The second-order valence-corrected chi connectivity index (χ2v) is 6.44. The zero-order valence-electron chi connectivity index (χ0n) is 13.8. The van der Waals surface area contributed by atoms with Crippen molar-refractivity contribution in [1.82, 2.24) is 14.9 Å². The van der Waals surface area contributed by atoms with Gasteiger partial charge >= 0.3 is 6.03 Å². The molecule has 2 amide bonds. The highest BCUT2D eigenvalue weighted by atomic mass is 32.2. The fourth-order valence-corrected chi connectivity index (χ4v) is 3.04. The summed E-state index contributed by atoms with van der Waals surface area (Å²) in [5.74, 6) is 0. The van der Waals surface area contributed by atoms with Crippen molar-refractivity contribution < 1.29 is 4.79 Å². The molecule has 0 saturated heterocycles. The quantitative estimate of drug-likeness (QED) is 0.746. The Balaban J connectivity index is 1.69. The number of carbonyl (C=O) groups excluding carboxylic acids is 1. The van der Waals surface area contributed by atoms with Crippen molar-refractivity contribution in [1.29, 1.82) is 0 Å². The summed E-state index contributed by atoms with van der Waals surface area (Å²) in [6.07, 6.45) is 3.44.